The van der Waals surface area contributed by atoms with Gasteiger partial charge in [-0.25, -0.2) is 0 Å². The number of unbranched alkanes of at least 4 members (excludes halogenated alkanes) is 1. The summed E-state index contributed by atoms with van der Waals surface area (Å²) in [5.74, 6) is -0.202. The van der Waals surface area contributed by atoms with Crippen LogP contribution in [-0.2, 0) is 19.0 Å². The quantitative estimate of drug-likeness (QED) is 0.434. The number of esters is 1. The average molecular weight is 275 g/mol. The normalized spacial score (nSPS) is 14.1. The summed E-state index contributed by atoms with van der Waals surface area (Å²) in [5.41, 5.74) is -0.588. The van der Waals surface area contributed by atoms with Crippen LogP contribution in [0.4, 0.5) is 0 Å². The lowest BCUT2D eigenvalue weighted by atomic mass is 9.95. The van der Waals surface area contributed by atoms with Crippen molar-refractivity contribution in [2.75, 3.05) is 40.1 Å². The first-order valence-electron chi connectivity index (χ1n) is 7.09. The Morgan fingerprint density at radius 2 is 1.79 bits per heavy atom. The minimum atomic E-state index is -0.588. The molecule has 0 fully saturated rings. The predicted molar refractivity (Wildman–Crippen MR) is 75.3 cm³/mol. The number of hydrogen-bond acceptors (Lipinski definition) is 5. The van der Waals surface area contributed by atoms with E-state index in [2.05, 4.69) is 5.32 Å². The molecule has 1 atom stereocenters. The number of rotatable bonds is 12. The molecule has 0 amide bonds. The zero-order chi connectivity index (χ0) is 14.6. The Morgan fingerprint density at radius 1 is 1.11 bits per heavy atom. The lowest BCUT2D eigenvalue weighted by Gasteiger charge is -2.27. The van der Waals surface area contributed by atoms with Gasteiger partial charge in [0, 0.05) is 13.2 Å². The maximum atomic E-state index is 11.7. The van der Waals surface area contributed by atoms with Crippen molar-refractivity contribution < 1.29 is 19.0 Å². The molecule has 0 aromatic carbocycles. The van der Waals surface area contributed by atoms with Crippen molar-refractivity contribution in [2.24, 2.45) is 0 Å². The molecule has 0 saturated heterocycles. The van der Waals surface area contributed by atoms with Crippen LogP contribution in [0.5, 0.6) is 0 Å². The molecule has 5 nitrogen and oxygen atoms in total. The zero-order valence-corrected chi connectivity index (χ0v) is 12.8. The molecule has 0 aromatic heterocycles. The van der Waals surface area contributed by atoms with E-state index in [0.717, 1.165) is 32.4 Å². The van der Waals surface area contributed by atoms with Crippen molar-refractivity contribution in [2.45, 2.75) is 45.6 Å². The fourth-order valence-electron chi connectivity index (χ4n) is 1.92. The molecule has 0 spiro atoms. The summed E-state index contributed by atoms with van der Waals surface area (Å²) in [7, 11) is 1.43. The van der Waals surface area contributed by atoms with Gasteiger partial charge in [0.25, 0.3) is 0 Å². The van der Waals surface area contributed by atoms with Gasteiger partial charge in [-0.2, -0.15) is 0 Å². The van der Waals surface area contributed by atoms with E-state index < -0.39 is 5.54 Å². The molecule has 0 aromatic rings. The topological polar surface area (TPSA) is 56.8 Å². The van der Waals surface area contributed by atoms with Crippen LogP contribution in [-0.4, -0.2) is 51.6 Å². The maximum absolute atomic E-state index is 11.7. The first-order valence-corrected chi connectivity index (χ1v) is 7.09. The highest BCUT2D eigenvalue weighted by molar-refractivity contribution is 5.80. The number of ether oxygens (including phenoxy) is 3. The molecule has 0 aliphatic carbocycles. The summed E-state index contributed by atoms with van der Waals surface area (Å²) in [4.78, 5) is 11.7. The monoisotopic (exact) mass is 275 g/mol. The fraction of sp³-hybridized carbons (Fsp3) is 0.929. The summed E-state index contributed by atoms with van der Waals surface area (Å²) in [6.45, 7) is 9.30. The summed E-state index contributed by atoms with van der Waals surface area (Å²) in [5, 5.41) is 3.19. The molecule has 0 radical (unpaired) electrons. The Morgan fingerprint density at radius 3 is 2.37 bits per heavy atom. The molecule has 0 bridgehead atoms. The van der Waals surface area contributed by atoms with E-state index in [4.69, 9.17) is 14.2 Å². The van der Waals surface area contributed by atoms with Crippen molar-refractivity contribution in [1.82, 2.24) is 5.32 Å². The van der Waals surface area contributed by atoms with E-state index in [0.29, 0.717) is 19.8 Å². The second-order valence-corrected chi connectivity index (χ2v) is 4.62. The molecule has 1 unspecified atom stereocenters. The lowest BCUT2D eigenvalue weighted by molar-refractivity contribution is -0.148. The van der Waals surface area contributed by atoms with Gasteiger partial charge in [0.1, 0.15) is 5.54 Å². The van der Waals surface area contributed by atoms with Crippen LogP contribution in [0.2, 0.25) is 0 Å². The number of methoxy groups -OCH3 is 1. The predicted octanol–water partition coefficient (Wildman–Crippen LogP) is 1.75. The van der Waals surface area contributed by atoms with Crippen molar-refractivity contribution in [3.63, 3.8) is 0 Å². The third-order valence-electron chi connectivity index (χ3n) is 2.99. The minimum Gasteiger partial charge on any atom is -0.468 e. The Bertz CT molecular complexity index is 235. The lowest BCUT2D eigenvalue weighted by Crippen LogP contribution is -2.50. The maximum Gasteiger partial charge on any atom is 0.325 e. The van der Waals surface area contributed by atoms with E-state index in [-0.39, 0.29) is 5.97 Å². The van der Waals surface area contributed by atoms with Gasteiger partial charge in [-0.15, -0.1) is 0 Å². The van der Waals surface area contributed by atoms with Gasteiger partial charge in [0.2, 0.25) is 0 Å². The largest absolute Gasteiger partial charge is 0.468 e. The van der Waals surface area contributed by atoms with Gasteiger partial charge in [0.15, 0.2) is 0 Å². The highest BCUT2D eigenvalue weighted by Gasteiger charge is 2.32. The van der Waals surface area contributed by atoms with Crippen LogP contribution in [0.25, 0.3) is 0 Å². The van der Waals surface area contributed by atoms with Gasteiger partial charge in [0.05, 0.1) is 20.3 Å². The van der Waals surface area contributed by atoms with Crippen LogP contribution in [0.1, 0.15) is 40.0 Å². The number of carbonyl (C=O) groups is 1. The summed E-state index contributed by atoms with van der Waals surface area (Å²) in [6.07, 6.45) is 2.61. The average Bonchev–Trinajstić information content (AvgIpc) is 2.41. The Balaban J connectivity index is 3.73. The Hall–Kier alpha value is -0.650. The highest BCUT2D eigenvalue weighted by Crippen LogP contribution is 2.15. The number of nitrogens with one attached hydrogen (secondary N) is 1. The molecule has 5 heteroatoms. The van der Waals surface area contributed by atoms with Gasteiger partial charge < -0.3 is 19.5 Å². The summed E-state index contributed by atoms with van der Waals surface area (Å²) < 4.78 is 15.5. The van der Waals surface area contributed by atoms with Crippen LogP contribution in [0, 0.1) is 0 Å². The smallest absolute Gasteiger partial charge is 0.325 e. The first kappa shape index (κ1) is 18.4. The van der Waals surface area contributed by atoms with Crippen molar-refractivity contribution in [3.8, 4) is 0 Å². The minimum absolute atomic E-state index is 0.202. The summed E-state index contributed by atoms with van der Waals surface area (Å²) >= 11 is 0. The first-order chi connectivity index (χ1) is 9.10. The van der Waals surface area contributed by atoms with Gasteiger partial charge in [-0.1, -0.05) is 6.92 Å². The fourth-order valence-corrected chi connectivity index (χ4v) is 1.92. The van der Waals surface area contributed by atoms with Crippen LogP contribution in [0.3, 0.4) is 0 Å². The van der Waals surface area contributed by atoms with Crippen LogP contribution in [0.15, 0.2) is 0 Å². The molecule has 0 saturated carbocycles. The number of carbonyl (C=O) groups excluding carboxylic acids is 1. The third kappa shape index (κ3) is 8.18. The SMILES string of the molecule is CCNC(C)(CCCCOCCOCC)C(=O)OC. The standard InChI is InChI=1S/C14H29NO4/c1-5-15-14(3,13(16)17-4)9-7-8-10-19-12-11-18-6-2/h15H,5-12H2,1-4H3. The van der Waals surface area contributed by atoms with E-state index in [9.17, 15) is 4.79 Å². The number of hydrogen-bond donors (Lipinski definition) is 1. The second-order valence-electron chi connectivity index (χ2n) is 4.62. The van der Waals surface area contributed by atoms with Crippen LogP contribution < -0.4 is 5.32 Å². The van der Waals surface area contributed by atoms with E-state index in [1.807, 2.05) is 20.8 Å². The van der Waals surface area contributed by atoms with E-state index in [1.165, 1.54) is 7.11 Å². The second kappa shape index (κ2) is 11.2. The summed E-state index contributed by atoms with van der Waals surface area (Å²) in [6, 6.07) is 0. The van der Waals surface area contributed by atoms with Crippen LogP contribution >= 0.6 is 0 Å². The Labute approximate surface area is 117 Å². The Kier molecular flexibility index (Phi) is 10.8. The van der Waals surface area contributed by atoms with E-state index >= 15 is 0 Å². The molecule has 0 aliphatic heterocycles. The number of likely N-dealkylation sites (N-methyl/N-ethyl adjacent to an activating group) is 1. The molecule has 114 valence electrons. The highest BCUT2D eigenvalue weighted by atomic mass is 16.5. The molecule has 19 heavy (non-hydrogen) atoms. The van der Waals surface area contributed by atoms with Gasteiger partial charge in [-0.3, -0.25) is 4.79 Å². The van der Waals surface area contributed by atoms with Gasteiger partial charge >= 0.3 is 5.97 Å². The molecule has 0 aliphatic rings. The van der Waals surface area contributed by atoms with Crippen molar-refractivity contribution in [1.29, 1.82) is 0 Å². The molecule has 0 heterocycles. The molecule has 0 rings (SSSR count). The third-order valence-corrected chi connectivity index (χ3v) is 2.99. The molecular formula is C14H29NO4. The van der Waals surface area contributed by atoms with Gasteiger partial charge in [-0.05, 0) is 39.7 Å². The van der Waals surface area contributed by atoms with Crippen molar-refractivity contribution >= 4 is 5.97 Å². The molecular weight excluding hydrogens is 246 g/mol. The zero-order valence-electron chi connectivity index (χ0n) is 12.8. The van der Waals surface area contributed by atoms with E-state index in [1.54, 1.807) is 0 Å². The molecule has 1 N–H and O–H groups in total. The van der Waals surface area contributed by atoms with Crippen molar-refractivity contribution in [3.05, 3.63) is 0 Å².